The highest BCUT2D eigenvalue weighted by molar-refractivity contribution is 6.20. The molecule has 0 fully saturated rings. The van der Waals surface area contributed by atoms with Crippen LogP contribution in [0.5, 0.6) is 0 Å². The first kappa shape index (κ1) is 12.4. The zero-order valence-electron chi connectivity index (χ0n) is 10.5. The van der Waals surface area contributed by atoms with Crippen LogP contribution in [0, 0.1) is 5.82 Å². The summed E-state index contributed by atoms with van der Waals surface area (Å²) in [6.07, 6.45) is 0. The van der Waals surface area contributed by atoms with Crippen molar-refractivity contribution in [3.05, 3.63) is 29.8 Å². The number of rotatable bonds is 1. The molecule has 0 aliphatic rings. The number of hydrogen-bond donors (Lipinski definition) is 0. The van der Waals surface area contributed by atoms with Crippen molar-refractivity contribution in [1.82, 2.24) is 9.55 Å². The number of imidazole rings is 1. The summed E-state index contributed by atoms with van der Waals surface area (Å²) >= 11 is 6.15. The lowest BCUT2D eigenvalue weighted by Gasteiger charge is -2.25. The first-order valence-electron chi connectivity index (χ1n) is 5.63. The number of halogens is 2. The molecule has 0 saturated carbocycles. The molecule has 0 saturated heterocycles. The molecule has 1 unspecified atom stereocenters. The van der Waals surface area contributed by atoms with Gasteiger partial charge < -0.3 is 4.57 Å². The molecule has 0 radical (unpaired) electrons. The molecule has 2 rings (SSSR count). The highest BCUT2D eigenvalue weighted by Crippen LogP contribution is 2.30. The molecule has 2 aromatic rings. The Balaban J connectivity index is 2.83. The van der Waals surface area contributed by atoms with E-state index >= 15 is 0 Å². The fourth-order valence-electron chi connectivity index (χ4n) is 2.04. The van der Waals surface area contributed by atoms with Crippen molar-refractivity contribution in [3.63, 3.8) is 0 Å². The van der Waals surface area contributed by atoms with E-state index in [2.05, 4.69) is 25.8 Å². The predicted molar refractivity (Wildman–Crippen MR) is 69.0 cm³/mol. The third kappa shape index (κ3) is 2.16. The van der Waals surface area contributed by atoms with Crippen LogP contribution in [0.25, 0.3) is 11.0 Å². The van der Waals surface area contributed by atoms with Gasteiger partial charge >= 0.3 is 0 Å². The maximum atomic E-state index is 13.3. The van der Waals surface area contributed by atoms with Crippen molar-refractivity contribution < 1.29 is 4.39 Å². The van der Waals surface area contributed by atoms with Crippen molar-refractivity contribution in [2.75, 3.05) is 0 Å². The number of alkyl halides is 1. The highest BCUT2D eigenvalue weighted by Gasteiger charge is 2.23. The molecule has 92 valence electrons. The maximum absolute atomic E-state index is 13.3. The molecule has 1 aromatic carbocycles. The Bertz CT molecular complexity index is 552. The molecule has 0 aliphatic carbocycles. The van der Waals surface area contributed by atoms with Crippen LogP contribution in [0.2, 0.25) is 0 Å². The van der Waals surface area contributed by atoms with Crippen LogP contribution in [0.3, 0.4) is 0 Å². The van der Waals surface area contributed by atoms with E-state index in [9.17, 15) is 4.39 Å². The van der Waals surface area contributed by atoms with E-state index in [4.69, 9.17) is 11.6 Å². The molecule has 17 heavy (non-hydrogen) atoms. The number of benzene rings is 1. The largest absolute Gasteiger partial charge is 0.321 e. The van der Waals surface area contributed by atoms with Gasteiger partial charge in [0.25, 0.3) is 0 Å². The van der Waals surface area contributed by atoms with Gasteiger partial charge in [0.1, 0.15) is 11.6 Å². The first-order valence-corrected chi connectivity index (χ1v) is 6.07. The van der Waals surface area contributed by atoms with Crippen molar-refractivity contribution in [2.45, 2.75) is 38.6 Å². The van der Waals surface area contributed by atoms with Gasteiger partial charge in [0.15, 0.2) is 0 Å². The average molecular weight is 255 g/mol. The summed E-state index contributed by atoms with van der Waals surface area (Å²) in [5.74, 6) is 0.524. The Morgan fingerprint density at radius 3 is 2.53 bits per heavy atom. The second-order valence-electron chi connectivity index (χ2n) is 5.23. The lowest BCUT2D eigenvalue weighted by molar-refractivity contribution is 0.393. The Kier molecular flexibility index (Phi) is 2.90. The van der Waals surface area contributed by atoms with Gasteiger partial charge in [0.05, 0.1) is 16.4 Å². The molecule has 2 nitrogen and oxygen atoms in total. The minimum atomic E-state index is -0.253. The smallest absolute Gasteiger partial charge is 0.128 e. The van der Waals surface area contributed by atoms with Crippen molar-refractivity contribution in [2.24, 2.45) is 0 Å². The van der Waals surface area contributed by atoms with E-state index in [1.165, 1.54) is 12.1 Å². The topological polar surface area (TPSA) is 17.8 Å². The summed E-state index contributed by atoms with van der Waals surface area (Å²) in [6.45, 7) is 8.05. The molecule has 1 heterocycles. The molecule has 1 aromatic heterocycles. The van der Waals surface area contributed by atoms with Gasteiger partial charge in [-0.05, 0) is 45.9 Å². The van der Waals surface area contributed by atoms with E-state index in [-0.39, 0.29) is 16.7 Å². The summed E-state index contributed by atoms with van der Waals surface area (Å²) < 4.78 is 15.3. The van der Waals surface area contributed by atoms with Gasteiger partial charge in [-0.2, -0.15) is 0 Å². The third-order valence-corrected chi connectivity index (χ3v) is 2.86. The zero-order chi connectivity index (χ0) is 12.8. The van der Waals surface area contributed by atoms with Crippen molar-refractivity contribution >= 4 is 22.6 Å². The van der Waals surface area contributed by atoms with Gasteiger partial charge in [-0.25, -0.2) is 9.37 Å². The molecule has 0 spiro atoms. The third-order valence-electron chi connectivity index (χ3n) is 2.67. The van der Waals surface area contributed by atoms with Gasteiger partial charge in [0, 0.05) is 5.54 Å². The second-order valence-corrected chi connectivity index (χ2v) is 5.88. The van der Waals surface area contributed by atoms with Crippen molar-refractivity contribution in [3.8, 4) is 0 Å². The molecule has 1 atom stereocenters. The highest BCUT2D eigenvalue weighted by atomic mass is 35.5. The SMILES string of the molecule is CC(Cl)c1nc2ccc(F)cc2n1C(C)(C)C. The lowest BCUT2D eigenvalue weighted by atomic mass is 10.1. The van der Waals surface area contributed by atoms with Crippen LogP contribution >= 0.6 is 11.6 Å². The second kappa shape index (κ2) is 3.98. The number of nitrogens with zero attached hydrogens (tertiary/aromatic N) is 2. The van der Waals surface area contributed by atoms with Crippen molar-refractivity contribution in [1.29, 1.82) is 0 Å². The molecule has 0 amide bonds. The van der Waals surface area contributed by atoms with Crippen LogP contribution in [0.4, 0.5) is 4.39 Å². The fraction of sp³-hybridized carbons (Fsp3) is 0.462. The van der Waals surface area contributed by atoms with Crippen LogP contribution < -0.4 is 0 Å². The van der Waals surface area contributed by atoms with Crippen LogP contribution in [-0.4, -0.2) is 9.55 Å². The van der Waals surface area contributed by atoms with E-state index < -0.39 is 0 Å². The summed E-state index contributed by atoms with van der Waals surface area (Å²) in [6, 6.07) is 4.62. The normalized spacial score (nSPS) is 14.2. The molecule has 0 N–H and O–H groups in total. The quantitative estimate of drug-likeness (QED) is 0.697. The van der Waals surface area contributed by atoms with Crippen LogP contribution in [-0.2, 0) is 5.54 Å². The molecular weight excluding hydrogens is 239 g/mol. The predicted octanol–water partition coefficient (Wildman–Crippen LogP) is 4.23. The zero-order valence-corrected chi connectivity index (χ0v) is 11.2. The minimum absolute atomic E-state index is 0.180. The number of hydrogen-bond acceptors (Lipinski definition) is 1. The number of fused-ring (bicyclic) bond motifs is 1. The van der Waals surface area contributed by atoms with Gasteiger partial charge in [-0.1, -0.05) is 0 Å². The Morgan fingerprint density at radius 2 is 2.00 bits per heavy atom. The minimum Gasteiger partial charge on any atom is -0.321 e. The van der Waals surface area contributed by atoms with Gasteiger partial charge in [-0.3, -0.25) is 0 Å². The van der Waals surface area contributed by atoms with E-state index in [1.54, 1.807) is 6.07 Å². The molecule has 4 heteroatoms. The lowest BCUT2D eigenvalue weighted by Crippen LogP contribution is -2.24. The van der Waals surface area contributed by atoms with E-state index in [0.717, 1.165) is 16.9 Å². The first-order chi connectivity index (χ1) is 7.80. The summed E-state index contributed by atoms with van der Waals surface area (Å²) in [4.78, 5) is 4.48. The number of aromatic nitrogens is 2. The monoisotopic (exact) mass is 254 g/mol. The maximum Gasteiger partial charge on any atom is 0.128 e. The van der Waals surface area contributed by atoms with Crippen LogP contribution in [0.15, 0.2) is 18.2 Å². The fourth-order valence-corrected chi connectivity index (χ4v) is 2.19. The standard InChI is InChI=1S/C13H16ClFN2/c1-8(14)12-16-10-6-5-9(15)7-11(10)17(12)13(2,3)4/h5-8H,1-4H3. The Labute approximate surface area is 105 Å². The van der Waals surface area contributed by atoms with E-state index in [0.29, 0.717) is 0 Å². The Morgan fingerprint density at radius 1 is 1.35 bits per heavy atom. The van der Waals surface area contributed by atoms with Gasteiger partial charge in [0.2, 0.25) is 0 Å². The summed E-state index contributed by atoms with van der Waals surface area (Å²) in [5, 5.41) is -0.204. The average Bonchev–Trinajstić information content (AvgIpc) is 2.55. The molecule has 0 bridgehead atoms. The Hall–Kier alpha value is -1.09. The van der Waals surface area contributed by atoms with E-state index in [1.807, 2.05) is 11.5 Å². The van der Waals surface area contributed by atoms with Gasteiger partial charge in [-0.15, -0.1) is 11.6 Å². The summed E-state index contributed by atoms with van der Waals surface area (Å²) in [5.41, 5.74) is 1.39. The molecular formula is C13H16ClFN2. The summed E-state index contributed by atoms with van der Waals surface area (Å²) in [7, 11) is 0. The van der Waals surface area contributed by atoms with Crippen LogP contribution in [0.1, 0.15) is 38.9 Å². The molecule has 0 aliphatic heterocycles.